The second kappa shape index (κ2) is 12.9. The molecule has 0 saturated heterocycles. The van der Waals surface area contributed by atoms with E-state index in [1.807, 2.05) is 31.2 Å². The number of rotatable bonds is 5. The Kier molecular flexibility index (Phi) is 10.3. The number of aliphatic hydroxyl groups is 1. The summed E-state index contributed by atoms with van der Waals surface area (Å²) in [6, 6.07) is 7.09. The van der Waals surface area contributed by atoms with Crippen LogP contribution in [0.1, 0.15) is 69.8 Å². The summed E-state index contributed by atoms with van der Waals surface area (Å²) in [7, 11) is -0.330. The molecule has 1 aromatic rings. The van der Waals surface area contributed by atoms with E-state index in [0.29, 0.717) is 24.4 Å². The topological polar surface area (TPSA) is 76.1 Å². The minimum Gasteiger partial charge on any atom is -0.501 e. The average Bonchev–Trinajstić information content (AvgIpc) is 2.87. The number of benzene rings is 1. The predicted molar refractivity (Wildman–Crippen MR) is 139 cm³/mol. The van der Waals surface area contributed by atoms with Crippen LogP contribution < -0.4 is 0 Å². The lowest BCUT2D eigenvalue weighted by atomic mass is 9.76. The maximum atomic E-state index is 13.6. The van der Waals surface area contributed by atoms with Crippen LogP contribution in [0.25, 0.3) is 0 Å². The van der Waals surface area contributed by atoms with Crippen molar-refractivity contribution in [1.82, 2.24) is 4.31 Å². The standard InChI is InChI=1S/C28H43NO5S/c1-23-12-14-24(15-13-23)35(31,32)29-18-11-9-7-5-4-6-8-10-17-28(22-30)20-26(33-2)25(16-19-29)27(21-28)34-3/h12-15,20-21,25,30H,4-11,16-19,22H2,1-3H3. The highest BCUT2D eigenvalue weighted by molar-refractivity contribution is 7.89. The molecule has 1 aromatic carbocycles. The lowest BCUT2D eigenvalue weighted by Crippen LogP contribution is -2.35. The first-order chi connectivity index (χ1) is 16.8. The van der Waals surface area contributed by atoms with E-state index >= 15 is 0 Å². The van der Waals surface area contributed by atoms with Crippen molar-refractivity contribution in [3.8, 4) is 0 Å². The van der Waals surface area contributed by atoms with Crippen LogP contribution in [0.4, 0.5) is 0 Å². The summed E-state index contributed by atoms with van der Waals surface area (Å²) >= 11 is 0. The van der Waals surface area contributed by atoms with Crippen molar-refractivity contribution >= 4 is 10.0 Å². The van der Waals surface area contributed by atoms with Crippen LogP contribution in [0.15, 0.2) is 52.8 Å². The van der Waals surface area contributed by atoms with E-state index in [1.165, 1.54) is 19.3 Å². The zero-order valence-electron chi connectivity index (χ0n) is 21.7. The molecule has 0 aromatic heterocycles. The van der Waals surface area contributed by atoms with Crippen LogP contribution in [-0.2, 0) is 19.5 Å². The predicted octanol–water partition coefficient (Wildman–Crippen LogP) is 5.57. The van der Waals surface area contributed by atoms with E-state index in [-0.39, 0.29) is 12.5 Å². The van der Waals surface area contributed by atoms with Crippen molar-refractivity contribution in [1.29, 1.82) is 0 Å². The van der Waals surface area contributed by atoms with Crippen LogP contribution in [0, 0.1) is 18.3 Å². The van der Waals surface area contributed by atoms with E-state index < -0.39 is 15.4 Å². The summed E-state index contributed by atoms with van der Waals surface area (Å²) in [5.74, 6) is 1.31. The first kappa shape index (κ1) is 27.8. The zero-order chi connectivity index (χ0) is 25.3. The highest BCUT2D eigenvalue weighted by Gasteiger charge is 2.37. The van der Waals surface area contributed by atoms with Gasteiger partial charge in [-0.15, -0.1) is 0 Å². The number of fused-ring (bicyclic) bond motifs is 12. The molecular formula is C28H43NO5S. The number of ether oxygens (including phenoxy) is 2. The number of hydrogen-bond acceptors (Lipinski definition) is 5. The zero-order valence-corrected chi connectivity index (χ0v) is 22.5. The largest absolute Gasteiger partial charge is 0.501 e. The van der Waals surface area contributed by atoms with Crippen LogP contribution in [0.3, 0.4) is 0 Å². The number of nitrogens with zero attached hydrogens (tertiary/aromatic N) is 1. The molecule has 1 aliphatic carbocycles. The summed E-state index contributed by atoms with van der Waals surface area (Å²) in [6.07, 6.45) is 14.2. The molecule has 1 N–H and O–H groups in total. The molecule has 0 atom stereocenters. The van der Waals surface area contributed by atoms with Gasteiger partial charge in [0.25, 0.3) is 0 Å². The van der Waals surface area contributed by atoms with Gasteiger partial charge in [-0.3, -0.25) is 0 Å². The number of hydrogen-bond donors (Lipinski definition) is 1. The van der Waals surface area contributed by atoms with Crippen LogP contribution in [0.2, 0.25) is 0 Å². The molecule has 2 heterocycles. The Morgan fingerprint density at radius 2 is 1.43 bits per heavy atom. The highest BCUT2D eigenvalue weighted by atomic mass is 32.2. The van der Waals surface area contributed by atoms with Crippen LogP contribution in [-0.4, -0.2) is 51.7 Å². The minimum absolute atomic E-state index is 0.00658. The van der Waals surface area contributed by atoms with Gasteiger partial charge in [-0.1, -0.05) is 62.6 Å². The monoisotopic (exact) mass is 505 g/mol. The molecule has 0 radical (unpaired) electrons. The van der Waals surface area contributed by atoms with Gasteiger partial charge in [0.05, 0.1) is 31.6 Å². The Labute approximate surface area is 212 Å². The average molecular weight is 506 g/mol. The third-order valence-electron chi connectivity index (χ3n) is 7.44. The van der Waals surface area contributed by atoms with Crippen molar-refractivity contribution in [3.63, 3.8) is 0 Å². The van der Waals surface area contributed by atoms with E-state index in [4.69, 9.17) is 9.47 Å². The van der Waals surface area contributed by atoms with Crippen LogP contribution >= 0.6 is 0 Å². The normalized spacial score (nSPS) is 25.9. The first-order valence-corrected chi connectivity index (χ1v) is 14.5. The molecular weight excluding hydrogens is 462 g/mol. The molecule has 196 valence electrons. The van der Waals surface area contributed by atoms with E-state index in [0.717, 1.165) is 55.6 Å². The lowest BCUT2D eigenvalue weighted by Gasteiger charge is -2.35. The maximum absolute atomic E-state index is 13.6. The Morgan fingerprint density at radius 1 is 0.886 bits per heavy atom. The summed E-state index contributed by atoms with van der Waals surface area (Å²) in [4.78, 5) is 0.335. The maximum Gasteiger partial charge on any atom is 0.243 e. The third-order valence-corrected chi connectivity index (χ3v) is 9.35. The summed E-state index contributed by atoms with van der Waals surface area (Å²) in [5, 5.41) is 10.3. The van der Waals surface area contributed by atoms with Gasteiger partial charge in [0, 0.05) is 18.5 Å². The molecule has 4 rings (SSSR count). The third kappa shape index (κ3) is 7.11. The lowest BCUT2D eigenvalue weighted by molar-refractivity contribution is 0.138. The SMILES string of the molecule is COC1=CC2(CO)C=C(OC)C1CCN(S(=O)(=O)c1ccc(C)cc1)CCCCCCCCCC2. The van der Waals surface area contributed by atoms with Gasteiger partial charge >= 0.3 is 0 Å². The number of aliphatic hydroxyl groups excluding tert-OH is 1. The van der Waals surface area contributed by atoms with Gasteiger partial charge in [-0.05, 0) is 50.5 Å². The van der Waals surface area contributed by atoms with Crippen molar-refractivity contribution in [2.45, 2.75) is 76.0 Å². The smallest absolute Gasteiger partial charge is 0.243 e. The van der Waals surface area contributed by atoms with Gasteiger partial charge in [0.1, 0.15) is 11.5 Å². The number of methoxy groups -OCH3 is 2. The van der Waals surface area contributed by atoms with E-state index in [2.05, 4.69) is 0 Å². The Hall–Kier alpha value is -1.83. The van der Waals surface area contributed by atoms with E-state index in [9.17, 15) is 13.5 Å². The second-order valence-electron chi connectivity index (χ2n) is 10.0. The van der Waals surface area contributed by atoms with Crippen molar-refractivity contribution < 1.29 is 23.0 Å². The van der Waals surface area contributed by atoms with Gasteiger partial charge in [0.15, 0.2) is 0 Å². The molecule has 2 aliphatic heterocycles. The van der Waals surface area contributed by atoms with Crippen molar-refractivity contribution in [2.24, 2.45) is 11.3 Å². The quantitative estimate of drug-likeness (QED) is 0.566. The fraction of sp³-hybridized carbons (Fsp3) is 0.643. The Bertz CT molecular complexity index is 946. The molecule has 0 amide bonds. The van der Waals surface area contributed by atoms with Crippen molar-refractivity contribution in [2.75, 3.05) is 33.9 Å². The van der Waals surface area contributed by atoms with Gasteiger partial charge in [-0.2, -0.15) is 4.31 Å². The molecule has 0 saturated carbocycles. The Balaban J connectivity index is 1.91. The molecule has 2 bridgehead atoms. The molecule has 0 fully saturated rings. The molecule has 0 unspecified atom stereocenters. The number of aryl methyl sites for hydroxylation is 1. The molecule has 6 nitrogen and oxygen atoms in total. The van der Waals surface area contributed by atoms with Gasteiger partial charge in [0.2, 0.25) is 10.0 Å². The highest BCUT2D eigenvalue weighted by Crippen LogP contribution is 2.41. The van der Waals surface area contributed by atoms with Crippen molar-refractivity contribution in [3.05, 3.63) is 53.5 Å². The molecule has 35 heavy (non-hydrogen) atoms. The molecule has 7 heteroatoms. The first-order valence-electron chi connectivity index (χ1n) is 13.1. The number of sulfonamides is 1. The fourth-order valence-electron chi connectivity index (χ4n) is 5.24. The van der Waals surface area contributed by atoms with Gasteiger partial charge in [-0.25, -0.2) is 8.42 Å². The summed E-state index contributed by atoms with van der Waals surface area (Å²) in [5.41, 5.74) is 0.529. The fourth-order valence-corrected chi connectivity index (χ4v) is 6.73. The minimum atomic E-state index is -3.61. The second-order valence-corrected chi connectivity index (χ2v) is 12.0. The van der Waals surface area contributed by atoms with Crippen LogP contribution in [0.5, 0.6) is 0 Å². The summed E-state index contributed by atoms with van der Waals surface area (Å²) < 4.78 is 40.4. The molecule has 3 aliphatic rings. The molecule has 0 spiro atoms. The summed E-state index contributed by atoms with van der Waals surface area (Å²) in [6.45, 7) is 2.82. The van der Waals surface area contributed by atoms with E-state index in [1.54, 1.807) is 30.7 Å². The Morgan fingerprint density at radius 3 is 1.97 bits per heavy atom. The van der Waals surface area contributed by atoms with Gasteiger partial charge < -0.3 is 14.6 Å².